The van der Waals surface area contributed by atoms with E-state index in [1.165, 1.54) is 29.2 Å². The average molecular weight is 491 g/mol. The van der Waals surface area contributed by atoms with Gasteiger partial charge in [0.1, 0.15) is 10.6 Å². The number of rotatable bonds is 7. The number of benzene rings is 1. The minimum atomic E-state index is -3.72. The quantitative estimate of drug-likeness (QED) is 0.502. The highest BCUT2D eigenvalue weighted by Crippen LogP contribution is 2.31. The van der Waals surface area contributed by atoms with E-state index in [4.69, 9.17) is 4.74 Å². The van der Waals surface area contributed by atoms with Crippen LogP contribution in [0.3, 0.4) is 0 Å². The summed E-state index contributed by atoms with van der Waals surface area (Å²) in [6, 6.07) is 6.56. The van der Waals surface area contributed by atoms with Gasteiger partial charge in [-0.3, -0.25) is 9.20 Å². The molecule has 1 fully saturated rings. The first-order chi connectivity index (χ1) is 15.8. The Bertz CT molecular complexity index is 1290. The minimum Gasteiger partial charge on any atom is -0.495 e. The normalized spacial score (nSPS) is 15.0. The highest BCUT2D eigenvalue weighted by atomic mass is 32.2. The molecule has 10 nitrogen and oxygen atoms in total. The molecule has 1 aliphatic heterocycles. The van der Waals surface area contributed by atoms with Crippen molar-refractivity contribution in [2.75, 3.05) is 31.3 Å². The standard InChI is InChI=1S/C21H26N6O4S2/c1-14-11-15(2)27-20(22-14)24-25-21(27)32-13-19(28)23-16-7-8-17(31-3)18(12-16)33(29,30)26-9-5-4-6-10-26/h7-8,11-12H,4-6,9-10,13H2,1-3H3,(H,23,28). The number of hydrogen-bond donors (Lipinski definition) is 1. The molecule has 3 heterocycles. The van der Waals surface area contributed by atoms with E-state index in [0.717, 1.165) is 30.7 Å². The first kappa shape index (κ1) is 23.5. The van der Waals surface area contributed by atoms with E-state index in [1.54, 1.807) is 16.5 Å². The Kier molecular flexibility index (Phi) is 6.86. The third-order valence-electron chi connectivity index (χ3n) is 5.38. The molecule has 0 unspecified atom stereocenters. The number of carbonyl (C=O) groups excluding carboxylic acids is 1. The maximum Gasteiger partial charge on any atom is 0.256 e. The average Bonchev–Trinajstić information content (AvgIpc) is 3.21. The van der Waals surface area contributed by atoms with Crippen molar-refractivity contribution in [3.05, 3.63) is 35.7 Å². The number of methoxy groups -OCH3 is 1. The summed E-state index contributed by atoms with van der Waals surface area (Å²) >= 11 is 1.23. The SMILES string of the molecule is COc1ccc(NC(=O)CSc2nnc3nc(C)cc(C)n23)cc1S(=O)(=O)N1CCCCC1. The van der Waals surface area contributed by atoms with Crippen molar-refractivity contribution in [1.29, 1.82) is 0 Å². The van der Waals surface area contributed by atoms with Crippen LogP contribution in [0.15, 0.2) is 34.3 Å². The van der Waals surface area contributed by atoms with Crippen LogP contribution < -0.4 is 10.1 Å². The largest absolute Gasteiger partial charge is 0.495 e. The van der Waals surface area contributed by atoms with Crippen LogP contribution >= 0.6 is 11.8 Å². The molecule has 4 rings (SSSR count). The summed E-state index contributed by atoms with van der Waals surface area (Å²) in [6.07, 6.45) is 2.69. The molecule has 1 amide bonds. The molecule has 0 radical (unpaired) electrons. The third-order valence-corrected chi connectivity index (χ3v) is 8.22. The summed E-state index contributed by atoms with van der Waals surface area (Å²) in [4.78, 5) is 17.0. The van der Waals surface area contributed by atoms with E-state index in [9.17, 15) is 13.2 Å². The second-order valence-electron chi connectivity index (χ2n) is 7.82. The second-order valence-corrected chi connectivity index (χ2v) is 10.7. The van der Waals surface area contributed by atoms with Crippen molar-refractivity contribution in [3.63, 3.8) is 0 Å². The van der Waals surface area contributed by atoms with Crippen LogP contribution in [-0.2, 0) is 14.8 Å². The van der Waals surface area contributed by atoms with Gasteiger partial charge in [-0.25, -0.2) is 13.4 Å². The molecule has 0 atom stereocenters. The monoisotopic (exact) mass is 490 g/mol. The predicted molar refractivity (Wildman–Crippen MR) is 125 cm³/mol. The Hall–Kier alpha value is -2.70. The van der Waals surface area contributed by atoms with Gasteiger partial charge in [-0.2, -0.15) is 4.31 Å². The summed E-state index contributed by atoms with van der Waals surface area (Å²) in [5, 5.41) is 11.5. The highest BCUT2D eigenvalue weighted by Gasteiger charge is 2.29. The summed E-state index contributed by atoms with van der Waals surface area (Å²) in [5.74, 6) is 0.522. The number of hydrogen-bond acceptors (Lipinski definition) is 8. The predicted octanol–water partition coefficient (Wildman–Crippen LogP) is 2.66. The number of amides is 1. The number of aromatic nitrogens is 4. The first-order valence-corrected chi connectivity index (χ1v) is 13.0. The lowest BCUT2D eigenvalue weighted by atomic mass is 10.2. The molecule has 1 aliphatic rings. The van der Waals surface area contributed by atoms with Gasteiger partial charge in [0.15, 0.2) is 5.16 Å². The maximum absolute atomic E-state index is 13.2. The smallest absolute Gasteiger partial charge is 0.256 e. The van der Waals surface area contributed by atoms with Gasteiger partial charge in [0, 0.05) is 30.2 Å². The van der Waals surface area contributed by atoms with Crippen LogP contribution in [0.2, 0.25) is 0 Å². The van der Waals surface area contributed by atoms with Gasteiger partial charge in [0.25, 0.3) is 5.78 Å². The lowest BCUT2D eigenvalue weighted by molar-refractivity contribution is -0.113. The van der Waals surface area contributed by atoms with E-state index in [0.29, 0.717) is 29.7 Å². The number of carbonyl (C=O) groups is 1. The molecule has 2 aromatic heterocycles. The van der Waals surface area contributed by atoms with Crippen LogP contribution in [0.5, 0.6) is 5.75 Å². The number of aryl methyl sites for hydroxylation is 2. The summed E-state index contributed by atoms with van der Waals surface area (Å²) in [7, 11) is -2.29. The molecular weight excluding hydrogens is 464 g/mol. The molecular formula is C21H26N6O4S2. The molecule has 1 aromatic carbocycles. The van der Waals surface area contributed by atoms with E-state index in [2.05, 4.69) is 20.5 Å². The number of anilines is 1. The van der Waals surface area contributed by atoms with Crippen molar-refractivity contribution in [3.8, 4) is 5.75 Å². The zero-order valence-corrected chi connectivity index (χ0v) is 20.4. The van der Waals surface area contributed by atoms with Crippen LogP contribution in [0, 0.1) is 13.8 Å². The Labute approximate surface area is 196 Å². The van der Waals surface area contributed by atoms with Crippen molar-refractivity contribution in [2.45, 2.75) is 43.2 Å². The lowest BCUT2D eigenvalue weighted by Crippen LogP contribution is -2.35. The molecule has 12 heteroatoms. The lowest BCUT2D eigenvalue weighted by Gasteiger charge is -2.26. The van der Waals surface area contributed by atoms with Crippen molar-refractivity contribution >= 4 is 39.2 Å². The van der Waals surface area contributed by atoms with Crippen molar-refractivity contribution in [1.82, 2.24) is 23.9 Å². The summed E-state index contributed by atoms with van der Waals surface area (Å²) < 4.78 is 34.9. The van der Waals surface area contributed by atoms with E-state index in [1.807, 2.05) is 19.9 Å². The molecule has 33 heavy (non-hydrogen) atoms. The minimum absolute atomic E-state index is 0.0536. The Balaban J connectivity index is 1.49. The van der Waals surface area contributed by atoms with Gasteiger partial charge in [-0.15, -0.1) is 10.2 Å². The Morgan fingerprint density at radius 2 is 1.91 bits per heavy atom. The van der Waals surface area contributed by atoms with Crippen LogP contribution in [0.1, 0.15) is 30.7 Å². The van der Waals surface area contributed by atoms with Gasteiger partial charge in [0.2, 0.25) is 15.9 Å². The highest BCUT2D eigenvalue weighted by molar-refractivity contribution is 7.99. The molecule has 0 spiro atoms. The van der Waals surface area contributed by atoms with Crippen LogP contribution in [-0.4, -0.2) is 64.2 Å². The van der Waals surface area contributed by atoms with Crippen LogP contribution in [0.25, 0.3) is 5.78 Å². The number of piperidine rings is 1. The summed E-state index contributed by atoms with van der Waals surface area (Å²) in [6.45, 7) is 4.78. The van der Waals surface area contributed by atoms with Crippen LogP contribution in [0.4, 0.5) is 5.69 Å². The third kappa shape index (κ3) is 4.97. The fourth-order valence-electron chi connectivity index (χ4n) is 3.82. The number of thioether (sulfide) groups is 1. The zero-order chi connectivity index (χ0) is 23.6. The Morgan fingerprint density at radius 1 is 1.15 bits per heavy atom. The Morgan fingerprint density at radius 3 is 2.64 bits per heavy atom. The first-order valence-electron chi connectivity index (χ1n) is 10.6. The van der Waals surface area contributed by atoms with E-state index >= 15 is 0 Å². The molecule has 0 aliphatic carbocycles. The van der Waals surface area contributed by atoms with Crippen molar-refractivity contribution in [2.24, 2.45) is 0 Å². The molecule has 3 aromatic rings. The van der Waals surface area contributed by atoms with Gasteiger partial charge in [-0.05, 0) is 51.0 Å². The van der Waals surface area contributed by atoms with E-state index < -0.39 is 10.0 Å². The fourth-order valence-corrected chi connectivity index (χ4v) is 6.31. The fraction of sp³-hybridized carbons (Fsp3) is 0.429. The number of sulfonamides is 1. The molecule has 1 saturated heterocycles. The number of nitrogens with one attached hydrogen (secondary N) is 1. The number of ether oxygens (including phenoxy) is 1. The van der Waals surface area contributed by atoms with Gasteiger partial charge < -0.3 is 10.1 Å². The molecule has 0 bridgehead atoms. The molecule has 176 valence electrons. The topological polar surface area (TPSA) is 119 Å². The van der Waals surface area contributed by atoms with Crippen molar-refractivity contribution < 1.29 is 17.9 Å². The maximum atomic E-state index is 13.2. The summed E-state index contributed by atoms with van der Waals surface area (Å²) in [5.41, 5.74) is 2.15. The zero-order valence-electron chi connectivity index (χ0n) is 18.7. The van der Waals surface area contributed by atoms with E-state index in [-0.39, 0.29) is 22.3 Å². The van der Waals surface area contributed by atoms with Gasteiger partial charge in [-0.1, -0.05) is 18.2 Å². The molecule has 0 saturated carbocycles. The number of nitrogens with zero attached hydrogens (tertiary/aromatic N) is 5. The van der Waals surface area contributed by atoms with Gasteiger partial charge in [0.05, 0.1) is 12.9 Å². The molecule has 1 N–H and O–H groups in total. The number of fused-ring (bicyclic) bond motifs is 1. The second kappa shape index (κ2) is 9.65. The van der Waals surface area contributed by atoms with Gasteiger partial charge >= 0.3 is 0 Å².